The fourth-order valence-electron chi connectivity index (χ4n) is 8.36. The van der Waals surface area contributed by atoms with Crippen molar-refractivity contribution in [3.8, 4) is 11.3 Å². The summed E-state index contributed by atoms with van der Waals surface area (Å²) in [5.74, 6) is 0. The summed E-state index contributed by atoms with van der Waals surface area (Å²) in [6.45, 7) is 0. The molecule has 12 rings (SSSR count). The van der Waals surface area contributed by atoms with Crippen molar-refractivity contribution in [1.29, 1.82) is 0 Å². The quantitative estimate of drug-likeness (QED) is 0.169. The fraction of sp³-hybridized carbons (Fsp3) is 0. The predicted octanol–water partition coefficient (Wildman–Crippen LogP) is 15.2. The number of pyridine rings is 1. The summed E-state index contributed by atoms with van der Waals surface area (Å²) < 4.78 is 11.6. The number of hydrogen-bond acceptors (Lipinski definition) is 5. The second-order valence-electron chi connectivity index (χ2n) is 13.9. The van der Waals surface area contributed by atoms with Gasteiger partial charge in [-0.3, -0.25) is 0 Å². The Morgan fingerprint density at radius 3 is 1.81 bits per heavy atom. The van der Waals surface area contributed by atoms with Crippen molar-refractivity contribution < 1.29 is 4.42 Å². The van der Waals surface area contributed by atoms with E-state index in [9.17, 15) is 0 Å². The molecule has 0 aliphatic heterocycles. The second-order valence-corrected chi connectivity index (χ2v) is 16.0. The van der Waals surface area contributed by atoms with E-state index >= 15 is 0 Å². The molecule has 0 saturated carbocycles. The van der Waals surface area contributed by atoms with Crippen LogP contribution in [-0.2, 0) is 0 Å². The average molecular weight is 725 g/mol. The molecule has 0 N–H and O–H groups in total. The first-order valence-corrected chi connectivity index (χ1v) is 19.7. The van der Waals surface area contributed by atoms with Gasteiger partial charge >= 0.3 is 0 Å². The van der Waals surface area contributed by atoms with Gasteiger partial charge in [0.25, 0.3) is 0 Å². The van der Waals surface area contributed by atoms with E-state index in [2.05, 4.69) is 163 Å². The third-order valence-corrected chi connectivity index (χ3v) is 13.2. The minimum atomic E-state index is 0.873. The monoisotopic (exact) mass is 724 g/mol. The van der Waals surface area contributed by atoms with Crippen molar-refractivity contribution in [3.63, 3.8) is 0 Å². The van der Waals surface area contributed by atoms with Crippen molar-refractivity contribution in [3.05, 3.63) is 170 Å². The molecular formula is C49H28N2OS2. The molecule has 0 atom stereocenters. The second kappa shape index (κ2) is 11.5. The number of fused-ring (bicyclic) bond motifs is 13. The first-order valence-electron chi connectivity index (χ1n) is 18.1. The van der Waals surface area contributed by atoms with Crippen LogP contribution in [0.4, 0.5) is 17.1 Å². The highest BCUT2D eigenvalue weighted by Gasteiger charge is 2.19. The van der Waals surface area contributed by atoms with Gasteiger partial charge in [0, 0.05) is 96.0 Å². The maximum atomic E-state index is 6.40. The van der Waals surface area contributed by atoms with E-state index in [-0.39, 0.29) is 0 Å². The number of aromatic nitrogens is 1. The minimum Gasteiger partial charge on any atom is -0.456 e. The largest absolute Gasteiger partial charge is 0.456 e. The van der Waals surface area contributed by atoms with Crippen LogP contribution in [0, 0.1) is 0 Å². The Balaban J connectivity index is 1.05. The third-order valence-electron chi connectivity index (χ3n) is 10.8. The van der Waals surface area contributed by atoms with E-state index in [1.807, 2.05) is 34.8 Å². The summed E-state index contributed by atoms with van der Waals surface area (Å²) in [6, 6.07) is 61.1. The lowest BCUT2D eigenvalue weighted by molar-refractivity contribution is 0.669. The molecule has 4 heterocycles. The van der Waals surface area contributed by atoms with Crippen LogP contribution in [0.15, 0.2) is 174 Å². The van der Waals surface area contributed by atoms with Crippen LogP contribution in [0.5, 0.6) is 0 Å². The number of anilines is 3. The fourth-order valence-corrected chi connectivity index (χ4v) is 10.8. The van der Waals surface area contributed by atoms with Gasteiger partial charge in [-0.2, -0.15) is 0 Å². The Bertz CT molecular complexity index is 3350. The molecule has 0 amide bonds. The maximum Gasteiger partial charge on any atom is 0.137 e. The molecule has 12 aromatic rings. The summed E-state index contributed by atoms with van der Waals surface area (Å²) in [7, 11) is 0. The molecule has 5 heteroatoms. The lowest BCUT2D eigenvalue weighted by Gasteiger charge is -2.26. The summed E-state index contributed by atoms with van der Waals surface area (Å²) in [5, 5.41) is 11.1. The SMILES string of the molecule is c1ccc2c(c1)nc(-c1ccc(N(c3ccc4c(c3)oc3ccccc34)c3ccc4c(c3)sc3ccccc34)cc1)c1ccc3c4ccccc4sc3c12. The molecule has 0 bridgehead atoms. The van der Waals surface area contributed by atoms with E-state index in [1.54, 1.807) is 0 Å². The lowest BCUT2D eigenvalue weighted by atomic mass is 9.98. The van der Waals surface area contributed by atoms with E-state index in [0.717, 1.165) is 55.8 Å². The Morgan fingerprint density at radius 2 is 0.981 bits per heavy atom. The van der Waals surface area contributed by atoms with E-state index in [4.69, 9.17) is 9.40 Å². The molecule has 8 aromatic carbocycles. The van der Waals surface area contributed by atoms with E-state index in [1.165, 1.54) is 56.5 Å². The average Bonchev–Trinajstić information content (AvgIpc) is 3.91. The molecule has 3 nitrogen and oxygen atoms in total. The van der Waals surface area contributed by atoms with Gasteiger partial charge in [0.05, 0.1) is 11.2 Å². The van der Waals surface area contributed by atoms with Crippen LogP contribution in [-0.4, -0.2) is 4.98 Å². The molecule has 0 fully saturated rings. The van der Waals surface area contributed by atoms with Crippen molar-refractivity contribution in [2.45, 2.75) is 0 Å². The van der Waals surface area contributed by atoms with Crippen LogP contribution in [0.3, 0.4) is 0 Å². The van der Waals surface area contributed by atoms with Crippen LogP contribution >= 0.6 is 22.7 Å². The topological polar surface area (TPSA) is 29.3 Å². The van der Waals surface area contributed by atoms with Crippen molar-refractivity contribution in [2.75, 3.05) is 4.90 Å². The molecule has 252 valence electrons. The molecule has 4 aromatic heterocycles. The molecular weight excluding hydrogens is 697 g/mol. The number of nitrogens with zero attached hydrogens (tertiary/aromatic N) is 2. The van der Waals surface area contributed by atoms with Gasteiger partial charge in [0.15, 0.2) is 0 Å². The zero-order valence-corrected chi connectivity index (χ0v) is 30.4. The van der Waals surface area contributed by atoms with Crippen LogP contribution in [0.1, 0.15) is 0 Å². The van der Waals surface area contributed by atoms with Gasteiger partial charge in [-0.15, -0.1) is 22.7 Å². The zero-order chi connectivity index (χ0) is 35.3. The Labute approximate surface area is 317 Å². The number of thiophene rings is 2. The predicted molar refractivity (Wildman–Crippen MR) is 232 cm³/mol. The third kappa shape index (κ3) is 4.43. The lowest BCUT2D eigenvalue weighted by Crippen LogP contribution is -2.09. The molecule has 0 saturated heterocycles. The number of furan rings is 1. The molecule has 0 radical (unpaired) electrons. The van der Waals surface area contributed by atoms with Gasteiger partial charge in [-0.25, -0.2) is 4.98 Å². The number of rotatable bonds is 4. The van der Waals surface area contributed by atoms with Gasteiger partial charge in [-0.05, 0) is 60.7 Å². The van der Waals surface area contributed by atoms with Gasteiger partial charge in [-0.1, -0.05) is 103 Å². The molecule has 0 aliphatic carbocycles. The van der Waals surface area contributed by atoms with Crippen LogP contribution in [0.25, 0.3) is 95.2 Å². The number of para-hydroxylation sites is 2. The first kappa shape index (κ1) is 30.0. The van der Waals surface area contributed by atoms with E-state index < -0.39 is 0 Å². The number of hydrogen-bond donors (Lipinski definition) is 0. The Hall–Kier alpha value is -6.53. The molecule has 0 unspecified atom stereocenters. The highest BCUT2D eigenvalue weighted by atomic mass is 32.1. The van der Waals surface area contributed by atoms with Crippen LogP contribution < -0.4 is 4.90 Å². The van der Waals surface area contributed by atoms with Gasteiger partial charge in [0.2, 0.25) is 0 Å². The molecule has 0 aliphatic rings. The van der Waals surface area contributed by atoms with E-state index in [0.29, 0.717) is 0 Å². The van der Waals surface area contributed by atoms with Crippen molar-refractivity contribution in [1.82, 2.24) is 4.98 Å². The first-order chi connectivity index (χ1) is 26.7. The maximum absolute atomic E-state index is 6.40. The smallest absolute Gasteiger partial charge is 0.137 e. The highest BCUT2D eigenvalue weighted by molar-refractivity contribution is 7.27. The highest BCUT2D eigenvalue weighted by Crippen LogP contribution is 2.45. The molecule has 0 spiro atoms. The normalized spacial score (nSPS) is 12.1. The van der Waals surface area contributed by atoms with Crippen molar-refractivity contribution >= 4 is 124 Å². The number of benzene rings is 8. The summed E-state index contributed by atoms with van der Waals surface area (Å²) in [5.41, 5.74) is 8.06. The summed E-state index contributed by atoms with van der Waals surface area (Å²) in [4.78, 5) is 7.66. The molecule has 54 heavy (non-hydrogen) atoms. The zero-order valence-electron chi connectivity index (χ0n) is 28.8. The van der Waals surface area contributed by atoms with Crippen LogP contribution in [0.2, 0.25) is 0 Å². The summed E-state index contributed by atoms with van der Waals surface area (Å²) in [6.07, 6.45) is 0. The Morgan fingerprint density at radius 1 is 0.407 bits per heavy atom. The summed E-state index contributed by atoms with van der Waals surface area (Å²) >= 11 is 3.71. The van der Waals surface area contributed by atoms with Gasteiger partial charge < -0.3 is 9.32 Å². The Kier molecular flexibility index (Phi) is 6.38. The van der Waals surface area contributed by atoms with Gasteiger partial charge in [0.1, 0.15) is 11.2 Å². The van der Waals surface area contributed by atoms with Crippen molar-refractivity contribution in [2.24, 2.45) is 0 Å². The minimum absolute atomic E-state index is 0.873. The standard InChI is InChI=1S/C49H28N2OS2/c1-5-13-41-39(12-1)47-40(26-25-38-36-11-4-8-16-45(36)54-49(38)47)48(50-41)29-17-19-30(20-18-29)51(31-21-23-34-33-9-2-6-14-42(33)52-43(34)27-31)32-22-24-37-35-10-3-7-15-44(35)53-46(37)28-32/h1-28H.